The van der Waals surface area contributed by atoms with Crippen LogP contribution < -0.4 is 0 Å². The Hall–Kier alpha value is -0.570. The molecule has 0 saturated carbocycles. The largest absolute Gasteiger partial charge is 0.339 e. The van der Waals surface area contributed by atoms with Crippen molar-refractivity contribution in [3.63, 3.8) is 0 Å². The van der Waals surface area contributed by atoms with Gasteiger partial charge in [-0.3, -0.25) is 4.89 Å². The Bertz CT molecular complexity index is 97.0. The molecular weight excluding hydrogens is 132 g/mol. The third-order valence-electron chi connectivity index (χ3n) is 1.21. The van der Waals surface area contributed by atoms with Gasteiger partial charge < -0.3 is 0 Å². The topological polar surface area (TPSA) is 35.5 Å². The van der Waals surface area contributed by atoms with E-state index in [4.69, 9.17) is 4.89 Å². The van der Waals surface area contributed by atoms with Gasteiger partial charge in [-0.25, -0.2) is 4.79 Å². The Labute approximate surface area is 61.2 Å². The summed E-state index contributed by atoms with van der Waals surface area (Å²) in [6, 6.07) is 0. The zero-order valence-corrected chi connectivity index (χ0v) is 6.72. The third kappa shape index (κ3) is 4.32. The van der Waals surface area contributed by atoms with Crippen LogP contribution in [0.15, 0.2) is 0 Å². The van der Waals surface area contributed by atoms with Crippen molar-refractivity contribution in [2.24, 2.45) is 0 Å². The van der Waals surface area contributed by atoms with Crippen molar-refractivity contribution in [1.29, 1.82) is 0 Å². The fraction of sp³-hybridized carbons (Fsp3) is 0.857. The molecule has 0 aliphatic heterocycles. The van der Waals surface area contributed by atoms with Gasteiger partial charge in [0.05, 0.1) is 0 Å². The fourth-order valence-corrected chi connectivity index (χ4v) is 0.561. The maximum Gasteiger partial charge on any atom is 0.339 e. The highest BCUT2D eigenvalue weighted by Crippen LogP contribution is 2.02. The Morgan fingerprint density at radius 1 is 1.40 bits per heavy atom. The Kier molecular flexibility index (Phi) is 4.94. The second kappa shape index (κ2) is 5.23. The average molecular weight is 146 g/mol. The molecule has 0 aliphatic carbocycles. The van der Waals surface area contributed by atoms with Crippen molar-refractivity contribution in [1.82, 2.24) is 0 Å². The number of carbonyl (C=O) groups excluding carboxylic acids is 1. The van der Waals surface area contributed by atoms with Gasteiger partial charge in [-0.05, 0) is 12.8 Å². The van der Waals surface area contributed by atoms with Gasteiger partial charge in [0.1, 0.15) is 6.10 Å². The molecule has 0 amide bonds. The van der Waals surface area contributed by atoms with E-state index in [1.54, 1.807) is 0 Å². The lowest BCUT2D eigenvalue weighted by Gasteiger charge is -2.09. The highest BCUT2D eigenvalue weighted by atomic mass is 17.2. The summed E-state index contributed by atoms with van der Waals surface area (Å²) in [6.07, 6.45) is 1.77. The van der Waals surface area contributed by atoms with Crippen molar-refractivity contribution in [3.8, 4) is 0 Å². The Morgan fingerprint density at radius 3 is 2.20 bits per heavy atom. The smallest absolute Gasteiger partial charge is 0.298 e. The molecule has 0 fully saturated rings. The summed E-state index contributed by atoms with van der Waals surface area (Å²) in [5.74, 6) is -0.396. The van der Waals surface area contributed by atoms with Crippen LogP contribution in [-0.2, 0) is 14.6 Å². The fourth-order valence-electron chi connectivity index (χ4n) is 0.561. The minimum absolute atomic E-state index is 0.0453. The maximum atomic E-state index is 10.2. The molecule has 0 aromatic rings. The van der Waals surface area contributed by atoms with Gasteiger partial charge in [-0.2, -0.15) is 4.89 Å². The normalized spacial score (nSPS) is 10.0. The van der Waals surface area contributed by atoms with Crippen LogP contribution in [0.3, 0.4) is 0 Å². The van der Waals surface area contributed by atoms with E-state index in [9.17, 15) is 4.79 Å². The van der Waals surface area contributed by atoms with Crippen LogP contribution >= 0.6 is 0 Å². The Balaban J connectivity index is 3.34. The predicted molar refractivity (Wildman–Crippen MR) is 37.2 cm³/mol. The second-order valence-electron chi connectivity index (χ2n) is 2.11. The molecule has 0 rings (SSSR count). The van der Waals surface area contributed by atoms with E-state index in [0.29, 0.717) is 0 Å². The van der Waals surface area contributed by atoms with E-state index in [1.807, 2.05) is 13.8 Å². The first kappa shape index (κ1) is 9.43. The van der Waals surface area contributed by atoms with Gasteiger partial charge in [0, 0.05) is 6.92 Å². The quantitative estimate of drug-likeness (QED) is 0.447. The number of carbonyl (C=O) groups is 1. The minimum atomic E-state index is -0.396. The monoisotopic (exact) mass is 146 g/mol. The molecule has 0 unspecified atom stereocenters. The molecule has 0 bridgehead atoms. The van der Waals surface area contributed by atoms with Gasteiger partial charge in [0.2, 0.25) is 0 Å². The summed E-state index contributed by atoms with van der Waals surface area (Å²) in [5, 5.41) is 0. The van der Waals surface area contributed by atoms with Crippen LogP contribution in [-0.4, -0.2) is 12.1 Å². The Morgan fingerprint density at radius 2 is 1.90 bits per heavy atom. The van der Waals surface area contributed by atoms with Crippen molar-refractivity contribution < 1.29 is 14.6 Å². The molecule has 0 atom stereocenters. The standard InChI is InChI=1S/C7H14O3/c1-4-7(5-2)10-9-6(3)8/h7H,4-5H2,1-3H3. The van der Waals surface area contributed by atoms with Crippen LogP contribution in [0.2, 0.25) is 0 Å². The van der Waals surface area contributed by atoms with E-state index < -0.39 is 5.97 Å². The number of hydrogen-bond donors (Lipinski definition) is 0. The van der Waals surface area contributed by atoms with Crippen molar-refractivity contribution in [3.05, 3.63) is 0 Å². The minimum Gasteiger partial charge on any atom is -0.298 e. The molecular formula is C7H14O3. The van der Waals surface area contributed by atoms with Crippen LogP contribution in [0.5, 0.6) is 0 Å². The number of hydrogen-bond acceptors (Lipinski definition) is 3. The van der Waals surface area contributed by atoms with E-state index in [1.165, 1.54) is 6.92 Å². The van der Waals surface area contributed by atoms with Crippen LogP contribution in [0.25, 0.3) is 0 Å². The van der Waals surface area contributed by atoms with Gasteiger partial charge in [0.15, 0.2) is 0 Å². The molecule has 0 spiro atoms. The molecule has 0 radical (unpaired) electrons. The third-order valence-corrected chi connectivity index (χ3v) is 1.21. The molecule has 0 aliphatic rings. The summed E-state index contributed by atoms with van der Waals surface area (Å²) >= 11 is 0. The molecule has 3 heteroatoms. The first-order chi connectivity index (χ1) is 4.70. The molecule has 0 aromatic carbocycles. The number of rotatable bonds is 4. The summed E-state index contributed by atoms with van der Waals surface area (Å²) in [5.41, 5.74) is 0. The first-order valence-corrected chi connectivity index (χ1v) is 3.54. The SMILES string of the molecule is CCC(CC)OOC(C)=O. The average Bonchev–Trinajstić information content (AvgIpc) is 1.90. The highest BCUT2D eigenvalue weighted by Gasteiger charge is 2.05. The molecule has 3 nitrogen and oxygen atoms in total. The summed E-state index contributed by atoms with van der Waals surface area (Å²) in [6.45, 7) is 5.29. The van der Waals surface area contributed by atoms with Crippen molar-refractivity contribution in [2.75, 3.05) is 0 Å². The van der Waals surface area contributed by atoms with E-state index in [2.05, 4.69) is 4.89 Å². The molecule has 0 saturated heterocycles. The van der Waals surface area contributed by atoms with E-state index in [-0.39, 0.29) is 6.10 Å². The first-order valence-electron chi connectivity index (χ1n) is 3.54. The zero-order valence-electron chi connectivity index (χ0n) is 6.72. The van der Waals surface area contributed by atoms with Gasteiger partial charge in [0.25, 0.3) is 0 Å². The summed E-state index contributed by atoms with van der Waals surface area (Å²) < 4.78 is 0. The van der Waals surface area contributed by atoms with E-state index >= 15 is 0 Å². The lowest BCUT2D eigenvalue weighted by Crippen LogP contribution is -2.12. The predicted octanol–water partition coefficient (Wildman–Crippen LogP) is 1.67. The lowest BCUT2D eigenvalue weighted by atomic mass is 10.2. The van der Waals surface area contributed by atoms with E-state index in [0.717, 1.165) is 12.8 Å². The van der Waals surface area contributed by atoms with Gasteiger partial charge in [-0.1, -0.05) is 13.8 Å². The van der Waals surface area contributed by atoms with Gasteiger partial charge in [-0.15, -0.1) is 0 Å². The van der Waals surface area contributed by atoms with Crippen LogP contribution in [0.4, 0.5) is 0 Å². The van der Waals surface area contributed by atoms with Crippen LogP contribution in [0.1, 0.15) is 33.6 Å². The van der Waals surface area contributed by atoms with Crippen molar-refractivity contribution >= 4 is 5.97 Å². The highest BCUT2D eigenvalue weighted by molar-refractivity contribution is 5.65. The second-order valence-corrected chi connectivity index (χ2v) is 2.11. The van der Waals surface area contributed by atoms with Crippen LogP contribution in [0, 0.1) is 0 Å². The summed E-state index contributed by atoms with van der Waals surface area (Å²) in [7, 11) is 0. The zero-order chi connectivity index (χ0) is 7.98. The summed E-state index contributed by atoms with van der Waals surface area (Å²) in [4.78, 5) is 19.3. The molecule has 10 heavy (non-hydrogen) atoms. The molecule has 0 aromatic heterocycles. The van der Waals surface area contributed by atoms with Crippen molar-refractivity contribution in [2.45, 2.75) is 39.7 Å². The van der Waals surface area contributed by atoms with Gasteiger partial charge >= 0.3 is 5.97 Å². The maximum absolute atomic E-state index is 10.2. The molecule has 60 valence electrons. The molecule has 0 N–H and O–H groups in total. The molecule has 0 heterocycles. The lowest BCUT2D eigenvalue weighted by molar-refractivity contribution is -0.296.